The fourth-order valence-electron chi connectivity index (χ4n) is 2.29. The molecular weight excluding hydrogens is 294 g/mol. The van der Waals surface area contributed by atoms with Crippen molar-refractivity contribution >= 4 is 17.1 Å². The number of non-ortho nitro benzene ring substituents is 1. The van der Waals surface area contributed by atoms with E-state index in [1.165, 1.54) is 12.1 Å². The minimum atomic E-state index is -0.417. The van der Waals surface area contributed by atoms with E-state index < -0.39 is 4.92 Å². The molecule has 0 bridgehead atoms. The monoisotopic (exact) mass is 311 g/mol. The lowest BCUT2D eigenvalue weighted by Gasteiger charge is -2.08. The van der Waals surface area contributed by atoms with Gasteiger partial charge in [-0.25, -0.2) is 0 Å². The summed E-state index contributed by atoms with van der Waals surface area (Å²) in [5.41, 5.74) is 5.85. The standard InChI is InChI=1S/C17H17N3O3/c1-23-16-10-4-13(5-11-16)17(12-2-3-12)19-18-14-6-8-15(9-7-14)20(21)22/h4-12,18H,2-3H2,1H3. The summed E-state index contributed by atoms with van der Waals surface area (Å²) >= 11 is 0. The zero-order chi connectivity index (χ0) is 16.2. The number of ether oxygens (including phenoxy) is 1. The van der Waals surface area contributed by atoms with Gasteiger partial charge in [0.25, 0.3) is 5.69 Å². The molecule has 6 heteroatoms. The molecule has 1 saturated carbocycles. The number of methoxy groups -OCH3 is 1. The molecule has 23 heavy (non-hydrogen) atoms. The van der Waals surface area contributed by atoms with Gasteiger partial charge in [-0.15, -0.1) is 0 Å². The van der Waals surface area contributed by atoms with Crippen LogP contribution in [-0.2, 0) is 0 Å². The van der Waals surface area contributed by atoms with Gasteiger partial charge in [-0.2, -0.15) is 5.10 Å². The number of nitro benzene ring substituents is 1. The predicted molar refractivity (Wildman–Crippen MR) is 89.0 cm³/mol. The molecule has 0 saturated heterocycles. The lowest BCUT2D eigenvalue weighted by molar-refractivity contribution is -0.384. The Labute approximate surface area is 133 Å². The van der Waals surface area contributed by atoms with Gasteiger partial charge in [-0.3, -0.25) is 15.5 Å². The Morgan fingerprint density at radius 2 is 1.83 bits per heavy atom. The van der Waals surface area contributed by atoms with Crippen molar-refractivity contribution in [3.8, 4) is 5.75 Å². The summed E-state index contributed by atoms with van der Waals surface area (Å²) in [4.78, 5) is 10.2. The maximum Gasteiger partial charge on any atom is 0.269 e. The number of nitrogens with one attached hydrogen (secondary N) is 1. The summed E-state index contributed by atoms with van der Waals surface area (Å²) < 4.78 is 5.17. The van der Waals surface area contributed by atoms with Crippen molar-refractivity contribution < 1.29 is 9.66 Å². The average Bonchev–Trinajstić information content (AvgIpc) is 3.41. The highest BCUT2D eigenvalue weighted by atomic mass is 16.6. The van der Waals surface area contributed by atoms with Gasteiger partial charge in [-0.05, 0) is 54.8 Å². The smallest absolute Gasteiger partial charge is 0.269 e. The van der Waals surface area contributed by atoms with E-state index in [0.717, 1.165) is 35.6 Å². The summed E-state index contributed by atoms with van der Waals surface area (Å²) in [7, 11) is 1.64. The summed E-state index contributed by atoms with van der Waals surface area (Å²) in [6.45, 7) is 0. The Bertz CT molecular complexity index is 720. The molecule has 6 nitrogen and oxygen atoms in total. The number of hydrogen-bond donors (Lipinski definition) is 1. The van der Waals surface area contributed by atoms with Gasteiger partial charge in [0, 0.05) is 18.1 Å². The first kappa shape index (κ1) is 15.0. The fourth-order valence-corrected chi connectivity index (χ4v) is 2.29. The van der Waals surface area contributed by atoms with E-state index in [2.05, 4.69) is 10.5 Å². The van der Waals surface area contributed by atoms with Crippen LogP contribution in [0.25, 0.3) is 0 Å². The molecular formula is C17H17N3O3. The van der Waals surface area contributed by atoms with Gasteiger partial charge in [0.05, 0.1) is 23.4 Å². The molecule has 0 aliphatic heterocycles. The number of anilines is 1. The first-order valence-electron chi connectivity index (χ1n) is 7.40. The van der Waals surface area contributed by atoms with E-state index >= 15 is 0 Å². The van der Waals surface area contributed by atoms with Crippen molar-refractivity contribution in [3.63, 3.8) is 0 Å². The Hall–Kier alpha value is -2.89. The van der Waals surface area contributed by atoms with Crippen LogP contribution in [0.4, 0.5) is 11.4 Å². The number of hydrogen-bond acceptors (Lipinski definition) is 5. The van der Waals surface area contributed by atoms with Crippen LogP contribution in [-0.4, -0.2) is 17.7 Å². The van der Waals surface area contributed by atoms with Crippen LogP contribution in [0.5, 0.6) is 5.75 Å². The average molecular weight is 311 g/mol. The molecule has 0 spiro atoms. The van der Waals surface area contributed by atoms with Crippen LogP contribution in [0.2, 0.25) is 0 Å². The maximum atomic E-state index is 10.7. The minimum Gasteiger partial charge on any atom is -0.497 e. The molecule has 0 heterocycles. The number of hydrazone groups is 1. The quantitative estimate of drug-likeness (QED) is 0.499. The van der Waals surface area contributed by atoms with Gasteiger partial charge in [0.15, 0.2) is 0 Å². The van der Waals surface area contributed by atoms with E-state index in [1.807, 2.05) is 24.3 Å². The van der Waals surface area contributed by atoms with Crippen molar-refractivity contribution in [1.82, 2.24) is 0 Å². The van der Waals surface area contributed by atoms with Crippen LogP contribution in [0.15, 0.2) is 53.6 Å². The fraction of sp³-hybridized carbons (Fsp3) is 0.235. The van der Waals surface area contributed by atoms with Gasteiger partial charge >= 0.3 is 0 Å². The second-order valence-electron chi connectivity index (χ2n) is 5.42. The molecule has 0 unspecified atom stereocenters. The van der Waals surface area contributed by atoms with Crippen LogP contribution in [0, 0.1) is 16.0 Å². The van der Waals surface area contributed by atoms with Crippen LogP contribution in [0.1, 0.15) is 18.4 Å². The molecule has 1 N–H and O–H groups in total. The van der Waals surface area contributed by atoms with Crippen molar-refractivity contribution in [3.05, 3.63) is 64.2 Å². The van der Waals surface area contributed by atoms with E-state index in [4.69, 9.17) is 4.74 Å². The second-order valence-corrected chi connectivity index (χ2v) is 5.42. The van der Waals surface area contributed by atoms with Crippen molar-refractivity contribution in [2.24, 2.45) is 11.0 Å². The summed E-state index contributed by atoms with van der Waals surface area (Å²) in [6, 6.07) is 14.0. The number of nitro groups is 1. The Morgan fingerprint density at radius 1 is 1.17 bits per heavy atom. The van der Waals surface area contributed by atoms with Crippen LogP contribution >= 0.6 is 0 Å². The third kappa shape index (κ3) is 3.66. The Balaban J connectivity index is 1.77. The molecule has 0 amide bonds. The minimum absolute atomic E-state index is 0.0668. The predicted octanol–water partition coefficient (Wildman–Crippen LogP) is 3.83. The lowest BCUT2D eigenvalue weighted by atomic mass is 10.1. The zero-order valence-corrected chi connectivity index (χ0v) is 12.7. The van der Waals surface area contributed by atoms with Crippen molar-refractivity contribution in [2.75, 3.05) is 12.5 Å². The number of rotatable bonds is 6. The molecule has 3 rings (SSSR count). The van der Waals surface area contributed by atoms with Crippen LogP contribution < -0.4 is 10.2 Å². The zero-order valence-electron chi connectivity index (χ0n) is 12.7. The summed E-state index contributed by atoms with van der Waals surface area (Å²) in [5, 5.41) is 15.2. The first-order valence-corrected chi connectivity index (χ1v) is 7.40. The number of benzene rings is 2. The summed E-state index contributed by atoms with van der Waals surface area (Å²) in [6.07, 6.45) is 2.26. The van der Waals surface area contributed by atoms with E-state index in [1.54, 1.807) is 19.2 Å². The molecule has 1 fully saturated rings. The molecule has 0 aromatic heterocycles. The van der Waals surface area contributed by atoms with Crippen molar-refractivity contribution in [2.45, 2.75) is 12.8 Å². The number of nitrogens with zero attached hydrogens (tertiary/aromatic N) is 2. The molecule has 0 atom stereocenters. The lowest BCUT2D eigenvalue weighted by Crippen LogP contribution is -2.07. The second kappa shape index (κ2) is 6.48. The molecule has 1 aliphatic carbocycles. The van der Waals surface area contributed by atoms with E-state index in [-0.39, 0.29) is 5.69 Å². The molecule has 2 aromatic rings. The Morgan fingerprint density at radius 3 is 2.35 bits per heavy atom. The third-order valence-electron chi connectivity index (χ3n) is 3.73. The normalized spacial score (nSPS) is 14.4. The molecule has 1 aliphatic rings. The molecule has 118 valence electrons. The maximum absolute atomic E-state index is 10.7. The molecule has 2 aromatic carbocycles. The topological polar surface area (TPSA) is 76.8 Å². The van der Waals surface area contributed by atoms with Crippen molar-refractivity contribution in [1.29, 1.82) is 0 Å². The molecule has 0 radical (unpaired) electrons. The first-order chi connectivity index (χ1) is 11.2. The highest BCUT2D eigenvalue weighted by Gasteiger charge is 2.28. The largest absolute Gasteiger partial charge is 0.497 e. The SMILES string of the molecule is COc1ccc(C(=NNc2ccc([N+](=O)[O-])cc2)C2CC2)cc1. The van der Waals surface area contributed by atoms with Gasteiger partial charge < -0.3 is 4.74 Å². The van der Waals surface area contributed by atoms with Gasteiger partial charge in [-0.1, -0.05) is 0 Å². The third-order valence-corrected chi connectivity index (χ3v) is 3.73. The van der Waals surface area contributed by atoms with Crippen LogP contribution in [0.3, 0.4) is 0 Å². The van der Waals surface area contributed by atoms with E-state index in [9.17, 15) is 10.1 Å². The highest BCUT2D eigenvalue weighted by Crippen LogP contribution is 2.34. The van der Waals surface area contributed by atoms with Gasteiger partial charge in [0.1, 0.15) is 5.75 Å². The van der Waals surface area contributed by atoms with Gasteiger partial charge in [0.2, 0.25) is 0 Å². The Kier molecular flexibility index (Phi) is 4.23. The highest BCUT2D eigenvalue weighted by molar-refractivity contribution is 6.04. The summed E-state index contributed by atoms with van der Waals surface area (Å²) in [5.74, 6) is 1.28. The van der Waals surface area contributed by atoms with E-state index in [0.29, 0.717) is 5.92 Å².